The van der Waals surface area contributed by atoms with Gasteiger partial charge in [0.25, 0.3) is 0 Å². The van der Waals surface area contributed by atoms with Gasteiger partial charge in [0, 0.05) is 20.5 Å². The Balaban J connectivity index is -0.000000396. The zero-order valence-electron chi connectivity index (χ0n) is 21.6. The molecule has 2 unspecified atom stereocenters. The van der Waals surface area contributed by atoms with Crippen molar-refractivity contribution in [1.82, 2.24) is 21.3 Å². The van der Waals surface area contributed by atoms with Crippen LogP contribution in [-0.2, 0) is 14.4 Å². The molecule has 6 N–H and O–H groups in total. The summed E-state index contributed by atoms with van der Waals surface area (Å²) in [7, 11) is 1.47. The summed E-state index contributed by atoms with van der Waals surface area (Å²) >= 11 is 0. The Morgan fingerprint density at radius 2 is 1.29 bits per heavy atom. The summed E-state index contributed by atoms with van der Waals surface area (Å²) in [5.74, 6) is -0.379. The zero-order chi connectivity index (χ0) is 25.6. The molecular formula is C22H49N5O4. The molecule has 0 bridgehead atoms. The van der Waals surface area contributed by atoms with E-state index in [4.69, 9.17) is 5.73 Å². The molecule has 0 fully saturated rings. The van der Waals surface area contributed by atoms with Gasteiger partial charge in [0.2, 0.25) is 17.7 Å². The molecule has 0 aromatic rings. The third-order valence-electron chi connectivity index (χ3n) is 3.16. The first kappa shape index (κ1) is 36.1. The molecule has 186 valence electrons. The first-order valence-electron chi connectivity index (χ1n) is 11.2. The van der Waals surface area contributed by atoms with Crippen LogP contribution in [0.5, 0.6) is 0 Å². The minimum Gasteiger partial charge on any atom is -0.357 e. The van der Waals surface area contributed by atoms with Crippen LogP contribution in [0, 0.1) is 11.8 Å². The summed E-state index contributed by atoms with van der Waals surface area (Å²) in [6, 6.07) is -2.11. The Hall–Kier alpha value is -2.32. The average molecular weight is 448 g/mol. The molecule has 2 atom stereocenters. The van der Waals surface area contributed by atoms with Gasteiger partial charge in [-0.2, -0.15) is 0 Å². The molecule has 9 heteroatoms. The Bertz CT molecular complexity index is 480. The maximum absolute atomic E-state index is 12.3. The molecule has 0 radical (unpaired) electrons. The molecule has 0 aromatic heterocycles. The van der Waals surface area contributed by atoms with Crippen LogP contribution < -0.4 is 27.0 Å². The standard InChI is InChI=1S/C14H27N5O4.C4H10.2C2H6/c1-8(2)11(18-9(3)20)13(22)19-10(12(21)16-4)6-5-7-17-14(15)23;1-4(2)3;2*1-2/h8,10-11H,5-7H2,1-4H3,(H,16,21)(H,18,20)(H,19,22)(H3,15,17,23);4H,1-3H3;2*1-2H3. The lowest BCUT2D eigenvalue weighted by atomic mass is 10.0. The van der Waals surface area contributed by atoms with Crippen molar-refractivity contribution in [3.05, 3.63) is 0 Å². The van der Waals surface area contributed by atoms with E-state index in [0.29, 0.717) is 19.4 Å². The van der Waals surface area contributed by atoms with Crippen LogP contribution in [0.3, 0.4) is 0 Å². The summed E-state index contributed by atoms with van der Waals surface area (Å²) in [5, 5.41) is 10.1. The predicted molar refractivity (Wildman–Crippen MR) is 128 cm³/mol. The fraction of sp³-hybridized carbons (Fsp3) is 0.818. The van der Waals surface area contributed by atoms with Gasteiger partial charge in [-0.3, -0.25) is 14.4 Å². The molecule has 0 aromatic carbocycles. The van der Waals surface area contributed by atoms with Crippen LogP contribution in [0.15, 0.2) is 0 Å². The SMILES string of the molecule is CC.CC.CC(C)C.CNC(=O)C(CCCNC(N)=O)NC(=O)C(NC(C)=O)C(C)C. The molecular weight excluding hydrogens is 398 g/mol. The van der Waals surface area contributed by atoms with Crippen molar-refractivity contribution in [1.29, 1.82) is 0 Å². The Kier molecular flexibility index (Phi) is 27.9. The number of hydrogen-bond acceptors (Lipinski definition) is 4. The first-order valence-corrected chi connectivity index (χ1v) is 11.2. The quantitative estimate of drug-likeness (QED) is 0.346. The van der Waals surface area contributed by atoms with Crippen molar-refractivity contribution >= 4 is 23.8 Å². The fourth-order valence-corrected chi connectivity index (χ4v) is 1.98. The van der Waals surface area contributed by atoms with Crippen LogP contribution in [0.1, 0.15) is 82.1 Å². The molecule has 0 rings (SSSR count). The van der Waals surface area contributed by atoms with Gasteiger partial charge in [-0.15, -0.1) is 0 Å². The monoisotopic (exact) mass is 447 g/mol. The van der Waals surface area contributed by atoms with Crippen LogP contribution in [0.4, 0.5) is 4.79 Å². The molecule has 0 spiro atoms. The van der Waals surface area contributed by atoms with Crippen molar-refractivity contribution in [2.24, 2.45) is 17.6 Å². The highest BCUT2D eigenvalue weighted by Gasteiger charge is 2.27. The number of carbonyl (C=O) groups excluding carboxylic acids is 4. The lowest BCUT2D eigenvalue weighted by Crippen LogP contribution is -2.54. The van der Waals surface area contributed by atoms with Crippen LogP contribution in [0.2, 0.25) is 0 Å². The average Bonchev–Trinajstić information content (AvgIpc) is 2.69. The van der Waals surface area contributed by atoms with Gasteiger partial charge < -0.3 is 27.0 Å². The van der Waals surface area contributed by atoms with Crippen molar-refractivity contribution in [3.8, 4) is 0 Å². The molecule has 0 saturated carbocycles. The largest absolute Gasteiger partial charge is 0.357 e. The van der Waals surface area contributed by atoms with Gasteiger partial charge in [0.1, 0.15) is 12.1 Å². The van der Waals surface area contributed by atoms with Crippen molar-refractivity contribution in [2.75, 3.05) is 13.6 Å². The van der Waals surface area contributed by atoms with E-state index in [-0.39, 0.29) is 17.7 Å². The predicted octanol–water partition coefficient (Wildman–Crippen LogP) is 2.54. The summed E-state index contributed by atoms with van der Waals surface area (Å²) < 4.78 is 0. The maximum atomic E-state index is 12.3. The van der Waals surface area contributed by atoms with Gasteiger partial charge in [-0.05, 0) is 24.7 Å². The molecule has 5 amide bonds. The van der Waals surface area contributed by atoms with E-state index in [9.17, 15) is 19.2 Å². The fourth-order valence-electron chi connectivity index (χ4n) is 1.98. The minimum atomic E-state index is -0.753. The number of likely N-dealkylation sites (N-methyl/N-ethyl adjacent to an activating group) is 1. The second-order valence-electron chi connectivity index (χ2n) is 7.26. The van der Waals surface area contributed by atoms with Crippen LogP contribution in [-0.4, -0.2) is 49.4 Å². The Labute approximate surface area is 190 Å². The number of amides is 5. The van der Waals surface area contributed by atoms with Gasteiger partial charge in [0.05, 0.1) is 0 Å². The van der Waals surface area contributed by atoms with E-state index in [1.54, 1.807) is 13.8 Å². The van der Waals surface area contributed by atoms with E-state index in [1.807, 2.05) is 27.7 Å². The van der Waals surface area contributed by atoms with Gasteiger partial charge >= 0.3 is 6.03 Å². The number of rotatable bonds is 9. The maximum Gasteiger partial charge on any atom is 0.312 e. The molecule has 0 aliphatic carbocycles. The molecule has 9 nitrogen and oxygen atoms in total. The number of nitrogens with two attached hydrogens (primary N) is 1. The minimum absolute atomic E-state index is 0.124. The summed E-state index contributed by atoms with van der Waals surface area (Å²) in [6.45, 7) is 19.7. The normalized spacial score (nSPS) is 11.1. The van der Waals surface area contributed by atoms with E-state index in [0.717, 1.165) is 5.92 Å². The van der Waals surface area contributed by atoms with Gasteiger partial charge in [0.15, 0.2) is 0 Å². The van der Waals surface area contributed by atoms with Gasteiger partial charge in [-0.1, -0.05) is 62.3 Å². The first-order chi connectivity index (χ1) is 14.4. The van der Waals surface area contributed by atoms with Crippen molar-refractivity contribution in [2.45, 2.75) is 94.2 Å². The zero-order valence-corrected chi connectivity index (χ0v) is 21.6. The van der Waals surface area contributed by atoms with E-state index in [1.165, 1.54) is 14.0 Å². The van der Waals surface area contributed by atoms with E-state index < -0.39 is 24.0 Å². The number of hydrogen-bond donors (Lipinski definition) is 5. The van der Waals surface area contributed by atoms with E-state index in [2.05, 4.69) is 42.0 Å². The van der Waals surface area contributed by atoms with Crippen LogP contribution in [0.25, 0.3) is 0 Å². The smallest absolute Gasteiger partial charge is 0.312 e. The number of primary amides is 1. The third-order valence-corrected chi connectivity index (χ3v) is 3.16. The van der Waals surface area contributed by atoms with Gasteiger partial charge in [-0.25, -0.2) is 4.79 Å². The molecule has 0 aliphatic heterocycles. The number of nitrogens with one attached hydrogen (secondary N) is 4. The third kappa shape index (κ3) is 25.6. The van der Waals surface area contributed by atoms with Crippen molar-refractivity contribution in [3.63, 3.8) is 0 Å². The molecule has 0 heterocycles. The lowest BCUT2D eigenvalue weighted by Gasteiger charge is -2.24. The molecule has 31 heavy (non-hydrogen) atoms. The highest BCUT2D eigenvalue weighted by molar-refractivity contribution is 5.91. The topological polar surface area (TPSA) is 142 Å². The summed E-state index contributed by atoms with van der Waals surface area (Å²) in [4.78, 5) is 46.0. The highest BCUT2D eigenvalue weighted by Crippen LogP contribution is 2.04. The summed E-state index contributed by atoms with van der Waals surface area (Å²) in [5.41, 5.74) is 4.96. The number of urea groups is 1. The Morgan fingerprint density at radius 3 is 1.61 bits per heavy atom. The molecule has 0 saturated heterocycles. The second kappa shape index (κ2) is 24.0. The second-order valence-corrected chi connectivity index (χ2v) is 7.26. The molecule has 0 aliphatic rings. The number of carbonyl (C=O) groups is 4. The van der Waals surface area contributed by atoms with E-state index >= 15 is 0 Å². The summed E-state index contributed by atoms with van der Waals surface area (Å²) in [6.07, 6.45) is 0.796. The van der Waals surface area contributed by atoms with Crippen molar-refractivity contribution < 1.29 is 19.2 Å². The lowest BCUT2D eigenvalue weighted by molar-refractivity contribution is -0.132. The highest BCUT2D eigenvalue weighted by atomic mass is 16.2. The van der Waals surface area contributed by atoms with Crippen LogP contribution >= 0.6 is 0 Å². The Morgan fingerprint density at radius 1 is 0.839 bits per heavy atom.